The summed E-state index contributed by atoms with van der Waals surface area (Å²) in [5, 5.41) is 0. The minimum Gasteiger partial charge on any atom is -0.310 e. The first-order valence-electron chi connectivity index (χ1n) is 40.5. The molecule has 0 bridgehead atoms. The van der Waals surface area contributed by atoms with Crippen LogP contribution in [0.2, 0.25) is 0 Å². The second-order valence-corrected chi connectivity index (χ2v) is 36.6. The van der Waals surface area contributed by atoms with E-state index in [1.54, 1.807) is 0 Å². The molecule has 0 saturated carbocycles. The van der Waals surface area contributed by atoms with E-state index < -0.39 is 0 Å². The predicted molar refractivity (Wildman–Crippen MR) is 488 cm³/mol. The second kappa shape index (κ2) is 28.6. The smallest absolute Gasteiger partial charge is 0.252 e. The number of anilines is 6. The molecule has 0 spiro atoms. The summed E-state index contributed by atoms with van der Waals surface area (Å²) in [6, 6.07) is 130. The van der Waals surface area contributed by atoms with Crippen LogP contribution in [0.5, 0.6) is 0 Å². The fourth-order valence-corrected chi connectivity index (χ4v) is 17.0. The van der Waals surface area contributed by atoms with E-state index >= 15 is 0 Å². The lowest BCUT2D eigenvalue weighted by atomic mass is 9.33. The van der Waals surface area contributed by atoms with Crippen LogP contribution >= 0.6 is 0 Å². The third kappa shape index (κ3) is 14.2. The van der Waals surface area contributed by atoms with Crippen LogP contribution in [0.1, 0.15) is 132 Å². The van der Waals surface area contributed by atoms with E-state index in [-0.39, 0.29) is 33.8 Å². The molecule has 2 aliphatic rings. The largest absolute Gasteiger partial charge is 0.310 e. The Hall–Kier alpha value is -12.0. The van der Waals surface area contributed by atoms with E-state index in [9.17, 15) is 0 Å². The van der Waals surface area contributed by atoms with Gasteiger partial charge in [0.15, 0.2) is 0 Å². The summed E-state index contributed by atoms with van der Waals surface area (Å²) in [6.45, 7) is 35.3. The molecule has 0 fully saturated rings. The van der Waals surface area contributed by atoms with Crippen LogP contribution in [0.4, 0.5) is 34.1 Å². The fraction of sp³-hybridized carbons (Fsp3) is 0.182. The molecule has 0 unspecified atom stereocenters. The number of fused-ring (bicyclic) bond motifs is 4. The number of nitrogens with zero attached hydrogens (tertiary/aromatic N) is 2. The first-order valence-corrected chi connectivity index (χ1v) is 40.5. The predicted octanol–water partition coefficient (Wildman–Crippen LogP) is 28.9. The average Bonchev–Trinajstić information content (AvgIpc) is 0.684. The monoisotopic (exact) mass is 1460 g/mol. The molecule has 3 heteroatoms. The Morgan fingerprint density at radius 1 is 0.177 bits per heavy atom. The third-order valence-electron chi connectivity index (χ3n) is 23.6. The molecule has 2 nitrogen and oxygen atoms in total. The van der Waals surface area contributed by atoms with Gasteiger partial charge in [-0.1, -0.05) is 377 Å². The topological polar surface area (TPSA) is 6.48 Å². The molecule has 2 heterocycles. The summed E-state index contributed by atoms with van der Waals surface area (Å²) >= 11 is 0. The van der Waals surface area contributed by atoms with E-state index in [0.29, 0.717) is 0 Å². The Kier molecular flexibility index (Phi) is 18.7. The highest BCUT2D eigenvalue weighted by molar-refractivity contribution is 7.00. The van der Waals surface area contributed by atoms with Gasteiger partial charge >= 0.3 is 0 Å². The number of benzene rings is 15. The summed E-state index contributed by atoms with van der Waals surface area (Å²) in [6.07, 6.45) is 0. The van der Waals surface area contributed by atoms with Crippen molar-refractivity contribution in [1.29, 1.82) is 0 Å². The molecule has 0 saturated heterocycles. The van der Waals surface area contributed by atoms with Crippen molar-refractivity contribution in [1.82, 2.24) is 0 Å². The maximum Gasteiger partial charge on any atom is 0.252 e. The Labute approximate surface area is 672 Å². The zero-order valence-corrected chi connectivity index (χ0v) is 68.3. The molecule has 2 aliphatic heterocycles. The summed E-state index contributed by atoms with van der Waals surface area (Å²) in [5.41, 5.74) is 39.4. The van der Waals surface area contributed by atoms with Crippen molar-refractivity contribution in [3.63, 3.8) is 0 Å². The summed E-state index contributed by atoms with van der Waals surface area (Å²) in [7, 11) is 0. The van der Waals surface area contributed by atoms with E-state index in [1.807, 2.05) is 0 Å². The fourth-order valence-electron chi connectivity index (χ4n) is 17.0. The van der Waals surface area contributed by atoms with E-state index in [4.69, 9.17) is 0 Å². The summed E-state index contributed by atoms with van der Waals surface area (Å²) in [5.74, 6) is 0. The normalized spacial score (nSPS) is 12.9. The Bertz CT molecular complexity index is 5810. The highest BCUT2D eigenvalue weighted by atomic mass is 15.2. The van der Waals surface area contributed by atoms with Gasteiger partial charge in [0.2, 0.25) is 0 Å². The van der Waals surface area contributed by atoms with E-state index in [0.717, 1.165) is 78.6 Å². The van der Waals surface area contributed by atoms with E-state index in [2.05, 4.69) is 453 Å². The van der Waals surface area contributed by atoms with Crippen molar-refractivity contribution in [3.05, 3.63) is 368 Å². The van der Waals surface area contributed by atoms with Gasteiger partial charge in [-0.2, -0.15) is 0 Å². The van der Waals surface area contributed by atoms with Crippen molar-refractivity contribution < 1.29 is 0 Å². The van der Waals surface area contributed by atoms with E-state index in [1.165, 1.54) is 111 Å². The van der Waals surface area contributed by atoms with Gasteiger partial charge in [-0.05, 0) is 227 Å². The Balaban J connectivity index is 1.06. The lowest BCUT2D eigenvalue weighted by Gasteiger charge is -2.47. The quantitative estimate of drug-likeness (QED) is 0.113. The lowest BCUT2D eigenvalue weighted by molar-refractivity contribution is 0.569. The Morgan fingerprint density at radius 3 is 0.699 bits per heavy atom. The number of hydrogen-bond acceptors (Lipinski definition) is 2. The highest BCUT2D eigenvalue weighted by Crippen LogP contribution is 2.56. The van der Waals surface area contributed by atoms with Crippen LogP contribution in [-0.2, 0) is 27.1 Å². The maximum atomic E-state index is 2.75. The zero-order chi connectivity index (χ0) is 78.5. The minimum atomic E-state index is -0.335. The first kappa shape index (κ1) is 73.7. The molecule has 15 aromatic rings. The molecule has 15 aromatic carbocycles. The van der Waals surface area contributed by atoms with Gasteiger partial charge in [-0.25, -0.2) is 0 Å². The number of rotatable bonds is 12. The average molecular weight is 1460 g/mol. The molecular formula is C110H101BN2. The maximum absolute atomic E-state index is 2.75. The van der Waals surface area contributed by atoms with Crippen LogP contribution in [-0.4, -0.2) is 6.71 Å². The van der Waals surface area contributed by atoms with Crippen LogP contribution in [0.15, 0.2) is 340 Å². The lowest BCUT2D eigenvalue weighted by Crippen LogP contribution is -2.61. The molecule has 0 amide bonds. The highest BCUT2D eigenvalue weighted by Gasteiger charge is 2.47. The molecule has 0 aromatic heterocycles. The summed E-state index contributed by atoms with van der Waals surface area (Å²) in [4.78, 5) is 5.49. The SMILES string of the molecule is CC(C)(C)c1cc(-c2ccc3c(c2)B2c4cc(-c5cc(-c6ccccc6)cc(-c6ccccc6)c5)ccc4N(c4c(-c5ccc(-c6ccccc6)cc5)cc(C(C)(C)C)cc4-c4ccc(-c5ccccc5)cc4)c4cc(C(C)(C)C)cc(c42)N3c2c(-c3ccccc3)cc(C(C)(C)C)cc2-c2ccccc2)cc(C(C)(C)C)c1. The van der Waals surface area contributed by atoms with Gasteiger partial charge in [0, 0.05) is 45.0 Å². The zero-order valence-electron chi connectivity index (χ0n) is 68.3. The molecule has 0 N–H and O–H groups in total. The van der Waals surface area contributed by atoms with Gasteiger partial charge in [0.05, 0.1) is 11.4 Å². The summed E-state index contributed by atoms with van der Waals surface area (Å²) < 4.78 is 0. The van der Waals surface area contributed by atoms with Gasteiger partial charge in [0.1, 0.15) is 0 Å². The van der Waals surface area contributed by atoms with Crippen LogP contribution < -0.4 is 26.2 Å². The number of hydrogen-bond donors (Lipinski definition) is 0. The van der Waals surface area contributed by atoms with Crippen molar-refractivity contribution in [3.8, 4) is 111 Å². The molecule has 17 rings (SSSR count). The standard InChI is InChI=1S/C110H101BN2/c1-106(2,3)88-61-87(62-89(65-88)107(4,5)6)83-55-57-100-98(64-83)111-97-63-82(86-59-84(74-38-26-18-27-39-74)58-85(60-86)75-40-28-19-29-41-75)54-56-99(97)113(102-71-92(110(13,14)15)70-101(103(102)111)112(100)104-93(78-42-30-20-31-43-78)66-90(108(7,8)9)67-94(104)79-44-32-21-33-45-79)105-95(80-50-46-76(47-51-80)72-34-22-16-23-35-72)68-91(109(10,11)12)69-96(105)81-52-48-77(49-53-81)73-36-24-17-25-37-73/h16-71H,1-15H3. The van der Waals surface area contributed by atoms with Gasteiger partial charge < -0.3 is 9.80 Å². The van der Waals surface area contributed by atoms with Gasteiger partial charge in [0.25, 0.3) is 6.71 Å². The van der Waals surface area contributed by atoms with Crippen LogP contribution in [0.25, 0.3) is 111 Å². The second-order valence-electron chi connectivity index (χ2n) is 36.6. The molecule has 113 heavy (non-hydrogen) atoms. The Morgan fingerprint density at radius 2 is 0.398 bits per heavy atom. The molecule has 554 valence electrons. The molecule has 0 aliphatic carbocycles. The van der Waals surface area contributed by atoms with Crippen LogP contribution in [0, 0.1) is 0 Å². The minimum absolute atomic E-state index is 0.114. The van der Waals surface area contributed by atoms with Gasteiger partial charge in [-0.3, -0.25) is 0 Å². The van der Waals surface area contributed by atoms with Crippen molar-refractivity contribution in [2.45, 2.75) is 131 Å². The van der Waals surface area contributed by atoms with Gasteiger partial charge in [-0.15, -0.1) is 0 Å². The van der Waals surface area contributed by atoms with Crippen molar-refractivity contribution >= 4 is 57.2 Å². The molecule has 0 atom stereocenters. The van der Waals surface area contributed by atoms with Crippen molar-refractivity contribution in [2.24, 2.45) is 0 Å². The first-order chi connectivity index (χ1) is 54.2. The van der Waals surface area contributed by atoms with Crippen molar-refractivity contribution in [2.75, 3.05) is 9.80 Å². The van der Waals surface area contributed by atoms with Crippen LogP contribution in [0.3, 0.4) is 0 Å². The molecule has 0 radical (unpaired) electrons. The third-order valence-corrected chi connectivity index (χ3v) is 23.6. The molecular weight excluding hydrogens is 1360 g/mol.